The van der Waals surface area contributed by atoms with E-state index < -0.39 is 0 Å². The predicted octanol–water partition coefficient (Wildman–Crippen LogP) is 5.51. The van der Waals surface area contributed by atoms with E-state index in [-0.39, 0.29) is 5.41 Å². The van der Waals surface area contributed by atoms with E-state index in [1.165, 1.54) is 17.1 Å². The Balaban J connectivity index is 2.89. The fourth-order valence-electron chi connectivity index (χ4n) is 1.70. The molecule has 4 heteroatoms. The molecule has 0 bridgehead atoms. The van der Waals surface area contributed by atoms with Crippen LogP contribution in [0, 0.1) is 0 Å². The first-order chi connectivity index (χ1) is 8.18. The second kappa shape index (κ2) is 8.08. The predicted molar refractivity (Wildman–Crippen MR) is 88.3 cm³/mol. The number of benzene rings is 1. The van der Waals surface area contributed by atoms with Crippen molar-refractivity contribution in [3.63, 3.8) is 0 Å². The van der Waals surface area contributed by atoms with E-state index in [9.17, 15) is 0 Å². The van der Waals surface area contributed by atoms with E-state index in [4.69, 9.17) is 11.6 Å². The molecule has 1 aromatic carbocycles. The molecule has 0 atom stereocenters. The Labute approximate surface area is 130 Å². The van der Waals surface area contributed by atoms with Gasteiger partial charge in [0.25, 0.3) is 0 Å². The summed E-state index contributed by atoms with van der Waals surface area (Å²) in [6.45, 7) is 2.20. The summed E-state index contributed by atoms with van der Waals surface area (Å²) >= 11 is 15.4. The lowest BCUT2D eigenvalue weighted by atomic mass is 9.82. The quantitative estimate of drug-likeness (QED) is 0.429. The van der Waals surface area contributed by atoms with Crippen molar-refractivity contribution in [3.05, 3.63) is 34.9 Å². The molecule has 0 heterocycles. The van der Waals surface area contributed by atoms with Crippen molar-refractivity contribution in [2.75, 3.05) is 22.2 Å². The molecule has 0 aliphatic heterocycles. The zero-order valence-corrected chi connectivity index (χ0v) is 14.6. The van der Waals surface area contributed by atoms with Gasteiger partial charge in [0.05, 0.1) is 0 Å². The lowest BCUT2D eigenvalue weighted by Gasteiger charge is -2.30. The smallest absolute Gasteiger partial charge is 0.0408 e. The molecule has 0 saturated carbocycles. The number of thioether (sulfide) groups is 1. The fraction of sp³-hybridized carbons (Fsp3) is 0.538. The third-order valence-electron chi connectivity index (χ3n) is 2.88. The van der Waals surface area contributed by atoms with E-state index >= 15 is 0 Å². The van der Waals surface area contributed by atoms with Gasteiger partial charge in [0.15, 0.2) is 0 Å². The van der Waals surface area contributed by atoms with Gasteiger partial charge in [-0.25, -0.2) is 0 Å². The molecular weight excluding hydrogens is 383 g/mol. The van der Waals surface area contributed by atoms with Crippen LogP contribution in [0.1, 0.15) is 18.9 Å². The van der Waals surface area contributed by atoms with Crippen LogP contribution in [0.4, 0.5) is 0 Å². The van der Waals surface area contributed by atoms with Crippen LogP contribution in [0.5, 0.6) is 0 Å². The third-order valence-corrected chi connectivity index (χ3v) is 6.16. The van der Waals surface area contributed by atoms with Gasteiger partial charge in [0.1, 0.15) is 0 Å². The van der Waals surface area contributed by atoms with Crippen LogP contribution in [0.25, 0.3) is 0 Å². The summed E-state index contributed by atoms with van der Waals surface area (Å²) in [4.78, 5) is 0. The molecule has 96 valence electrons. The van der Waals surface area contributed by atoms with Gasteiger partial charge in [-0.1, -0.05) is 62.5 Å². The van der Waals surface area contributed by atoms with Crippen LogP contribution in [-0.2, 0) is 5.41 Å². The van der Waals surface area contributed by atoms with Gasteiger partial charge >= 0.3 is 0 Å². The van der Waals surface area contributed by atoms with Crippen molar-refractivity contribution in [1.29, 1.82) is 0 Å². The van der Waals surface area contributed by atoms with Crippen molar-refractivity contribution in [2.24, 2.45) is 0 Å². The lowest BCUT2D eigenvalue weighted by Crippen LogP contribution is -2.31. The van der Waals surface area contributed by atoms with Crippen molar-refractivity contribution >= 4 is 55.2 Å². The van der Waals surface area contributed by atoms with E-state index in [2.05, 4.69) is 50.9 Å². The van der Waals surface area contributed by atoms with E-state index in [1.807, 2.05) is 23.9 Å². The second-order valence-corrected chi connectivity index (χ2v) is 6.96. The summed E-state index contributed by atoms with van der Waals surface area (Å²) in [6.07, 6.45) is 1.16. The maximum Gasteiger partial charge on any atom is 0.0408 e. The zero-order valence-electron chi connectivity index (χ0n) is 9.89. The molecular formula is C13H17Br2ClS. The zero-order chi connectivity index (χ0) is 12.7. The first-order valence-electron chi connectivity index (χ1n) is 5.64. The molecule has 17 heavy (non-hydrogen) atoms. The van der Waals surface area contributed by atoms with Crippen LogP contribution in [0.15, 0.2) is 24.3 Å². The maximum absolute atomic E-state index is 6.09. The Kier molecular flexibility index (Phi) is 7.55. The highest BCUT2D eigenvalue weighted by Crippen LogP contribution is 2.34. The lowest BCUT2D eigenvalue weighted by molar-refractivity contribution is 0.539. The SMILES string of the molecule is CCSCCC(CBr)(CBr)c1cccc(Cl)c1. The summed E-state index contributed by atoms with van der Waals surface area (Å²) in [6, 6.07) is 8.22. The Bertz CT molecular complexity index is 340. The molecule has 1 aromatic rings. The van der Waals surface area contributed by atoms with Crippen molar-refractivity contribution in [2.45, 2.75) is 18.8 Å². The van der Waals surface area contributed by atoms with E-state index in [0.717, 1.165) is 22.1 Å². The molecule has 0 nitrogen and oxygen atoms in total. The monoisotopic (exact) mass is 398 g/mol. The molecule has 0 aliphatic carbocycles. The number of rotatable bonds is 7. The first kappa shape index (κ1) is 15.9. The minimum atomic E-state index is 0.146. The molecule has 0 aliphatic rings. The van der Waals surface area contributed by atoms with E-state index in [1.54, 1.807) is 0 Å². The van der Waals surface area contributed by atoms with Crippen LogP contribution in [0.2, 0.25) is 5.02 Å². The molecule has 0 unspecified atom stereocenters. The number of hydrogen-bond acceptors (Lipinski definition) is 1. The number of alkyl halides is 2. The molecule has 0 saturated heterocycles. The Morgan fingerprint density at radius 2 is 2.00 bits per heavy atom. The molecule has 1 rings (SSSR count). The largest absolute Gasteiger partial charge is 0.162 e. The van der Waals surface area contributed by atoms with Crippen LogP contribution in [-0.4, -0.2) is 22.2 Å². The Morgan fingerprint density at radius 1 is 1.29 bits per heavy atom. The number of hydrogen-bond donors (Lipinski definition) is 0. The van der Waals surface area contributed by atoms with Gasteiger partial charge < -0.3 is 0 Å². The summed E-state index contributed by atoms with van der Waals surface area (Å²) < 4.78 is 0. The summed E-state index contributed by atoms with van der Waals surface area (Å²) in [5, 5.41) is 2.73. The summed E-state index contributed by atoms with van der Waals surface area (Å²) in [7, 11) is 0. The topological polar surface area (TPSA) is 0 Å². The van der Waals surface area contributed by atoms with Gasteiger partial charge in [-0.15, -0.1) is 0 Å². The molecule has 0 amide bonds. The second-order valence-electron chi connectivity index (χ2n) is 4.00. The Hall–Kier alpha value is 0.820. The summed E-state index contributed by atoms with van der Waals surface area (Å²) in [5.41, 5.74) is 1.46. The van der Waals surface area contributed by atoms with Gasteiger partial charge in [-0.2, -0.15) is 11.8 Å². The molecule has 0 spiro atoms. The fourth-order valence-corrected chi connectivity index (χ4v) is 4.85. The van der Waals surface area contributed by atoms with Crippen molar-refractivity contribution < 1.29 is 0 Å². The Morgan fingerprint density at radius 3 is 2.53 bits per heavy atom. The summed E-state index contributed by atoms with van der Waals surface area (Å²) in [5.74, 6) is 2.36. The third kappa shape index (κ3) is 4.45. The highest BCUT2D eigenvalue weighted by molar-refractivity contribution is 9.09. The van der Waals surface area contributed by atoms with Gasteiger partial charge in [-0.3, -0.25) is 0 Å². The highest BCUT2D eigenvalue weighted by atomic mass is 79.9. The highest BCUT2D eigenvalue weighted by Gasteiger charge is 2.29. The van der Waals surface area contributed by atoms with Crippen LogP contribution >= 0.6 is 55.2 Å². The first-order valence-corrected chi connectivity index (χ1v) is 9.42. The van der Waals surface area contributed by atoms with E-state index in [0.29, 0.717) is 0 Å². The standard InChI is InChI=1S/C13H17Br2ClS/c1-2-17-7-6-13(9-14,10-15)11-4-3-5-12(16)8-11/h3-5,8H,2,6-7,9-10H2,1H3. The molecule has 0 fully saturated rings. The normalized spacial score (nSPS) is 11.8. The van der Waals surface area contributed by atoms with Gasteiger partial charge in [-0.05, 0) is 35.6 Å². The maximum atomic E-state index is 6.09. The van der Waals surface area contributed by atoms with Crippen molar-refractivity contribution in [3.8, 4) is 0 Å². The molecule has 0 aromatic heterocycles. The molecule has 0 radical (unpaired) electrons. The average Bonchev–Trinajstić information content (AvgIpc) is 2.35. The van der Waals surface area contributed by atoms with Crippen LogP contribution in [0.3, 0.4) is 0 Å². The van der Waals surface area contributed by atoms with Gasteiger partial charge in [0.2, 0.25) is 0 Å². The average molecular weight is 401 g/mol. The minimum absolute atomic E-state index is 0.146. The number of halogens is 3. The van der Waals surface area contributed by atoms with Crippen molar-refractivity contribution in [1.82, 2.24) is 0 Å². The minimum Gasteiger partial charge on any atom is -0.162 e. The van der Waals surface area contributed by atoms with Crippen LogP contribution < -0.4 is 0 Å². The van der Waals surface area contributed by atoms with Gasteiger partial charge in [0, 0.05) is 21.1 Å². The molecule has 0 N–H and O–H groups in total.